The molecule has 1 rings (SSSR count). The number of ether oxygens (including phenoxy) is 1. The van der Waals surface area contributed by atoms with Crippen molar-refractivity contribution in [1.29, 1.82) is 0 Å². The highest BCUT2D eigenvalue weighted by Crippen LogP contribution is 2.23. The highest BCUT2D eigenvalue weighted by Gasteiger charge is 2.34. The number of hydrogen-bond donors (Lipinski definition) is 2. The van der Waals surface area contributed by atoms with Gasteiger partial charge in [-0.3, -0.25) is 10.1 Å². The summed E-state index contributed by atoms with van der Waals surface area (Å²) in [6.45, 7) is 5.80. The Morgan fingerprint density at radius 3 is 2.32 bits per heavy atom. The zero-order chi connectivity index (χ0) is 14.5. The lowest BCUT2D eigenvalue weighted by Gasteiger charge is -2.32. The second kappa shape index (κ2) is 6.68. The number of carbonyl (C=O) groups is 1. The van der Waals surface area contributed by atoms with Crippen molar-refractivity contribution in [2.24, 2.45) is 5.41 Å². The molecule has 0 saturated heterocycles. The zero-order valence-electron chi connectivity index (χ0n) is 12.0. The van der Waals surface area contributed by atoms with Crippen LogP contribution in [0.1, 0.15) is 32.4 Å². The van der Waals surface area contributed by atoms with Gasteiger partial charge in [-0.05, 0) is 11.0 Å². The highest BCUT2D eigenvalue weighted by molar-refractivity contribution is 5.76. The molecule has 0 aromatic heterocycles. The van der Waals surface area contributed by atoms with Crippen molar-refractivity contribution in [3.05, 3.63) is 35.9 Å². The summed E-state index contributed by atoms with van der Waals surface area (Å²) in [5, 5.41) is 12.7. The quantitative estimate of drug-likeness (QED) is 0.798. The SMILES string of the molecule is COC(=O)C(NC(CO)c1ccccc1)C(C)(C)C. The minimum absolute atomic E-state index is 0.0758. The molecule has 0 aliphatic rings. The minimum Gasteiger partial charge on any atom is -0.468 e. The van der Waals surface area contributed by atoms with Gasteiger partial charge in [-0.1, -0.05) is 51.1 Å². The van der Waals surface area contributed by atoms with Crippen LogP contribution in [0, 0.1) is 5.41 Å². The molecule has 4 nitrogen and oxygen atoms in total. The smallest absolute Gasteiger partial charge is 0.323 e. The van der Waals surface area contributed by atoms with E-state index in [9.17, 15) is 9.90 Å². The number of benzene rings is 1. The molecule has 1 aromatic rings. The minimum atomic E-state index is -0.477. The topological polar surface area (TPSA) is 58.6 Å². The molecule has 0 aliphatic heterocycles. The van der Waals surface area contributed by atoms with Crippen LogP contribution < -0.4 is 5.32 Å². The normalized spacial score (nSPS) is 14.8. The van der Waals surface area contributed by atoms with Crippen molar-refractivity contribution >= 4 is 5.97 Å². The first-order valence-electron chi connectivity index (χ1n) is 6.40. The summed E-state index contributed by atoms with van der Waals surface area (Å²) in [7, 11) is 1.37. The molecule has 0 bridgehead atoms. The van der Waals surface area contributed by atoms with E-state index < -0.39 is 6.04 Å². The van der Waals surface area contributed by atoms with Crippen molar-refractivity contribution < 1.29 is 14.6 Å². The van der Waals surface area contributed by atoms with Gasteiger partial charge >= 0.3 is 5.97 Å². The third-order valence-corrected chi connectivity index (χ3v) is 3.06. The molecule has 4 heteroatoms. The van der Waals surface area contributed by atoms with Gasteiger partial charge in [0.1, 0.15) is 6.04 Å². The molecule has 19 heavy (non-hydrogen) atoms. The Balaban J connectivity index is 2.91. The molecule has 2 atom stereocenters. The number of hydrogen-bond acceptors (Lipinski definition) is 4. The van der Waals surface area contributed by atoms with E-state index in [2.05, 4.69) is 5.32 Å². The maximum Gasteiger partial charge on any atom is 0.323 e. The van der Waals surface area contributed by atoms with Gasteiger partial charge in [-0.15, -0.1) is 0 Å². The summed E-state index contributed by atoms with van der Waals surface area (Å²) < 4.78 is 4.84. The number of esters is 1. The molecular formula is C15H23NO3. The third kappa shape index (κ3) is 4.33. The van der Waals surface area contributed by atoms with E-state index in [4.69, 9.17) is 4.74 Å². The molecule has 0 amide bonds. The first kappa shape index (κ1) is 15.7. The average Bonchev–Trinajstić information content (AvgIpc) is 2.38. The van der Waals surface area contributed by atoms with Gasteiger partial charge in [0.15, 0.2) is 0 Å². The molecule has 106 valence electrons. The van der Waals surface area contributed by atoms with E-state index in [0.717, 1.165) is 5.56 Å². The second-order valence-corrected chi connectivity index (χ2v) is 5.63. The summed E-state index contributed by atoms with van der Waals surface area (Å²) in [6, 6.07) is 8.81. The number of rotatable bonds is 5. The Hall–Kier alpha value is -1.39. The third-order valence-electron chi connectivity index (χ3n) is 3.06. The monoisotopic (exact) mass is 265 g/mol. The van der Waals surface area contributed by atoms with Crippen molar-refractivity contribution in [3.8, 4) is 0 Å². The molecule has 1 aromatic carbocycles. The molecular weight excluding hydrogens is 242 g/mol. The van der Waals surface area contributed by atoms with Crippen molar-refractivity contribution in [2.75, 3.05) is 13.7 Å². The van der Waals surface area contributed by atoms with E-state index in [1.807, 2.05) is 51.1 Å². The number of carbonyl (C=O) groups excluding carboxylic acids is 1. The maximum absolute atomic E-state index is 11.9. The fraction of sp³-hybridized carbons (Fsp3) is 0.533. The van der Waals surface area contributed by atoms with Gasteiger partial charge in [0, 0.05) is 0 Å². The molecule has 0 saturated carbocycles. The van der Waals surface area contributed by atoms with Crippen LogP contribution in [0.2, 0.25) is 0 Å². The van der Waals surface area contributed by atoms with Gasteiger partial charge in [-0.25, -0.2) is 0 Å². The summed E-state index contributed by atoms with van der Waals surface area (Å²) >= 11 is 0. The van der Waals surface area contributed by atoms with Crippen molar-refractivity contribution in [2.45, 2.75) is 32.9 Å². The van der Waals surface area contributed by atoms with E-state index in [-0.39, 0.29) is 24.0 Å². The number of aliphatic hydroxyl groups is 1. The first-order chi connectivity index (χ1) is 8.90. The molecule has 2 N–H and O–H groups in total. The number of nitrogens with one attached hydrogen (secondary N) is 1. The Labute approximate surface area is 114 Å². The summed E-state index contributed by atoms with van der Waals surface area (Å²) in [6.07, 6.45) is 0. The van der Waals surface area contributed by atoms with Crippen LogP contribution in [0.15, 0.2) is 30.3 Å². The zero-order valence-corrected chi connectivity index (χ0v) is 12.0. The Morgan fingerprint density at radius 1 is 1.32 bits per heavy atom. The second-order valence-electron chi connectivity index (χ2n) is 5.63. The van der Waals surface area contributed by atoms with Gasteiger partial charge in [0.25, 0.3) is 0 Å². The fourth-order valence-electron chi connectivity index (χ4n) is 1.93. The molecule has 0 radical (unpaired) electrons. The Morgan fingerprint density at radius 2 is 1.89 bits per heavy atom. The van der Waals surface area contributed by atoms with Crippen LogP contribution in [0.4, 0.5) is 0 Å². The molecule has 0 spiro atoms. The molecule has 2 unspecified atom stereocenters. The molecule has 0 aliphatic carbocycles. The van der Waals surface area contributed by atoms with E-state index in [1.165, 1.54) is 7.11 Å². The average molecular weight is 265 g/mol. The lowest BCUT2D eigenvalue weighted by Crippen LogP contribution is -2.49. The lowest BCUT2D eigenvalue weighted by molar-refractivity contribution is -0.146. The summed E-state index contributed by atoms with van der Waals surface area (Å²) in [4.78, 5) is 11.9. The van der Waals surface area contributed by atoms with Crippen LogP contribution in [0.25, 0.3) is 0 Å². The largest absolute Gasteiger partial charge is 0.468 e. The van der Waals surface area contributed by atoms with Gasteiger partial charge < -0.3 is 9.84 Å². The van der Waals surface area contributed by atoms with Crippen molar-refractivity contribution in [1.82, 2.24) is 5.32 Å². The first-order valence-corrected chi connectivity index (χ1v) is 6.40. The van der Waals surface area contributed by atoms with Gasteiger partial charge in [0.05, 0.1) is 19.8 Å². The predicted molar refractivity (Wildman–Crippen MR) is 74.7 cm³/mol. The summed E-state index contributed by atoms with van der Waals surface area (Å²) in [5.74, 6) is -0.318. The standard InChI is InChI=1S/C15H23NO3/c1-15(2,3)13(14(18)19-4)16-12(10-17)11-8-6-5-7-9-11/h5-9,12-13,16-17H,10H2,1-4H3. The van der Waals surface area contributed by atoms with E-state index in [0.29, 0.717) is 0 Å². The molecule has 0 fully saturated rings. The summed E-state index contributed by atoms with van der Waals surface area (Å²) in [5.41, 5.74) is 0.651. The number of aliphatic hydroxyl groups excluding tert-OH is 1. The van der Waals surface area contributed by atoms with Crippen LogP contribution in [0.5, 0.6) is 0 Å². The van der Waals surface area contributed by atoms with Gasteiger partial charge in [-0.2, -0.15) is 0 Å². The predicted octanol–water partition coefficient (Wildman–Crippen LogP) is 1.90. The number of methoxy groups -OCH3 is 1. The fourth-order valence-corrected chi connectivity index (χ4v) is 1.93. The maximum atomic E-state index is 11.9. The van der Waals surface area contributed by atoms with E-state index in [1.54, 1.807) is 0 Å². The van der Waals surface area contributed by atoms with Gasteiger partial charge in [0.2, 0.25) is 0 Å². The Bertz CT molecular complexity index is 398. The molecule has 0 heterocycles. The highest BCUT2D eigenvalue weighted by atomic mass is 16.5. The van der Waals surface area contributed by atoms with E-state index >= 15 is 0 Å². The van der Waals surface area contributed by atoms with Crippen LogP contribution in [-0.4, -0.2) is 30.8 Å². The van der Waals surface area contributed by atoms with Crippen LogP contribution in [0.3, 0.4) is 0 Å². The lowest BCUT2D eigenvalue weighted by atomic mass is 9.86. The van der Waals surface area contributed by atoms with Crippen LogP contribution >= 0.6 is 0 Å². The van der Waals surface area contributed by atoms with Crippen LogP contribution in [-0.2, 0) is 9.53 Å². The Kier molecular flexibility index (Phi) is 5.51. The van der Waals surface area contributed by atoms with Crippen molar-refractivity contribution in [3.63, 3.8) is 0 Å².